The first-order valence-corrected chi connectivity index (χ1v) is 9.64. The average Bonchev–Trinajstić information content (AvgIpc) is 2.76. The Bertz CT molecular complexity index is 1110. The third kappa shape index (κ3) is 5.93. The van der Waals surface area contributed by atoms with Crippen molar-refractivity contribution in [2.75, 3.05) is 5.32 Å². The number of benzene rings is 3. The van der Waals surface area contributed by atoms with Crippen LogP contribution in [0.15, 0.2) is 71.8 Å². The van der Waals surface area contributed by atoms with Crippen LogP contribution in [0.1, 0.15) is 32.6 Å². The molecule has 3 rings (SSSR count). The minimum absolute atomic E-state index is 0.224. The molecule has 7 nitrogen and oxygen atoms in total. The van der Waals surface area contributed by atoms with Crippen molar-refractivity contribution in [2.45, 2.75) is 20.5 Å². The molecule has 0 saturated carbocycles. The highest BCUT2D eigenvalue weighted by Gasteiger charge is 2.06. The van der Waals surface area contributed by atoms with E-state index >= 15 is 0 Å². The number of carboxylic acids is 1. The van der Waals surface area contributed by atoms with Gasteiger partial charge < -0.3 is 15.2 Å². The fourth-order valence-corrected chi connectivity index (χ4v) is 2.82. The van der Waals surface area contributed by atoms with Gasteiger partial charge in [-0.2, -0.15) is 5.10 Å². The van der Waals surface area contributed by atoms with Gasteiger partial charge in [0.25, 0.3) is 0 Å². The molecule has 3 N–H and O–H groups in total. The average molecular weight is 417 g/mol. The molecule has 0 fully saturated rings. The molecule has 0 unspecified atom stereocenters. The zero-order valence-electron chi connectivity index (χ0n) is 17.3. The number of aryl methyl sites for hydroxylation is 1. The maximum absolute atomic E-state index is 12.1. The molecule has 3 aromatic rings. The number of aromatic carboxylic acids is 1. The van der Waals surface area contributed by atoms with E-state index in [1.807, 2.05) is 50.2 Å². The molecule has 0 spiro atoms. The van der Waals surface area contributed by atoms with E-state index < -0.39 is 12.0 Å². The summed E-state index contributed by atoms with van der Waals surface area (Å²) in [5.74, 6) is -0.381. The summed E-state index contributed by atoms with van der Waals surface area (Å²) in [6.45, 7) is 4.19. The SMILES string of the molecule is Cc1cccc(NC(=O)N/N=C/c2ccccc2OCc2ccc(C(=O)O)cc2)c1C. The van der Waals surface area contributed by atoms with E-state index in [2.05, 4.69) is 15.8 Å². The van der Waals surface area contributed by atoms with Crippen molar-refractivity contribution in [2.24, 2.45) is 5.10 Å². The number of para-hydroxylation sites is 1. The van der Waals surface area contributed by atoms with Crippen LogP contribution in [-0.2, 0) is 6.61 Å². The van der Waals surface area contributed by atoms with Gasteiger partial charge in [0.2, 0.25) is 0 Å². The topological polar surface area (TPSA) is 100 Å². The molecule has 3 aromatic carbocycles. The summed E-state index contributed by atoms with van der Waals surface area (Å²) in [6, 6.07) is 19.0. The minimum atomic E-state index is -0.969. The van der Waals surface area contributed by atoms with Crippen molar-refractivity contribution in [3.8, 4) is 5.75 Å². The summed E-state index contributed by atoms with van der Waals surface area (Å²) in [6.07, 6.45) is 1.51. The monoisotopic (exact) mass is 417 g/mol. The maximum Gasteiger partial charge on any atom is 0.339 e. The first kappa shape index (κ1) is 21.6. The summed E-state index contributed by atoms with van der Waals surface area (Å²) in [5, 5.41) is 15.7. The number of nitrogens with one attached hydrogen (secondary N) is 2. The lowest BCUT2D eigenvalue weighted by Crippen LogP contribution is -2.24. The van der Waals surface area contributed by atoms with Gasteiger partial charge in [-0.25, -0.2) is 15.0 Å². The molecule has 0 aromatic heterocycles. The number of rotatable bonds is 7. The Kier molecular flexibility index (Phi) is 7.01. The van der Waals surface area contributed by atoms with Gasteiger partial charge in [0.1, 0.15) is 12.4 Å². The van der Waals surface area contributed by atoms with Crippen LogP contribution in [0.5, 0.6) is 5.75 Å². The van der Waals surface area contributed by atoms with Gasteiger partial charge >= 0.3 is 12.0 Å². The van der Waals surface area contributed by atoms with E-state index in [1.54, 1.807) is 18.2 Å². The zero-order chi connectivity index (χ0) is 22.2. The number of hydrogen-bond donors (Lipinski definition) is 3. The van der Waals surface area contributed by atoms with Gasteiger partial charge in [-0.3, -0.25) is 0 Å². The highest BCUT2D eigenvalue weighted by atomic mass is 16.5. The fourth-order valence-electron chi connectivity index (χ4n) is 2.82. The Morgan fingerprint density at radius 2 is 1.74 bits per heavy atom. The predicted octanol–water partition coefficient (Wildman–Crippen LogP) is 4.74. The van der Waals surface area contributed by atoms with Crippen LogP contribution >= 0.6 is 0 Å². The third-order valence-corrected chi connectivity index (χ3v) is 4.74. The van der Waals surface area contributed by atoms with Gasteiger partial charge in [-0.05, 0) is 60.9 Å². The molecular weight excluding hydrogens is 394 g/mol. The van der Waals surface area contributed by atoms with Crippen LogP contribution in [0, 0.1) is 13.8 Å². The first-order chi connectivity index (χ1) is 14.9. The Labute approximate surface area is 180 Å². The van der Waals surface area contributed by atoms with E-state index in [0.717, 1.165) is 22.4 Å². The molecule has 0 aliphatic rings. The molecule has 0 saturated heterocycles. The molecule has 158 valence electrons. The van der Waals surface area contributed by atoms with Crippen LogP contribution < -0.4 is 15.5 Å². The number of carbonyl (C=O) groups is 2. The predicted molar refractivity (Wildman–Crippen MR) is 120 cm³/mol. The van der Waals surface area contributed by atoms with E-state index in [-0.39, 0.29) is 12.2 Å². The van der Waals surface area contributed by atoms with Crippen molar-refractivity contribution in [3.05, 3.63) is 94.5 Å². The highest BCUT2D eigenvalue weighted by molar-refractivity contribution is 5.91. The number of ether oxygens (including phenoxy) is 1. The number of hydrogen-bond acceptors (Lipinski definition) is 4. The second-order valence-corrected chi connectivity index (χ2v) is 6.90. The molecule has 0 aliphatic carbocycles. The standard InChI is InChI=1S/C24H23N3O4/c1-16-6-5-8-21(17(16)2)26-24(30)27-25-14-20-7-3-4-9-22(20)31-15-18-10-12-19(13-11-18)23(28)29/h3-14H,15H2,1-2H3,(H,28,29)(H2,26,27,30)/b25-14+. The normalized spacial score (nSPS) is 10.6. The van der Waals surface area contributed by atoms with Crippen LogP contribution in [0.2, 0.25) is 0 Å². The van der Waals surface area contributed by atoms with Gasteiger partial charge in [-0.15, -0.1) is 0 Å². The van der Waals surface area contributed by atoms with Crippen LogP contribution in [0.3, 0.4) is 0 Å². The van der Waals surface area contributed by atoms with Gasteiger partial charge in [0, 0.05) is 11.3 Å². The van der Waals surface area contributed by atoms with Crippen LogP contribution in [0.25, 0.3) is 0 Å². The molecule has 0 bridgehead atoms. The first-order valence-electron chi connectivity index (χ1n) is 9.64. The second-order valence-electron chi connectivity index (χ2n) is 6.90. The summed E-state index contributed by atoms with van der Waals surface area (Å²) >= 11 is 0. The van der Waals surface area contributed by atoms with E-state index in [9.17, 15) is 9.59 Å². The van der Waals surface area contributed by atoms with Crippen LogP contribution in [0.4, 0.5) is 10.5 Å². The number of hydrazone groups is 1. The Morgan fingerprint density at radius 1 is 1.00 bits per heavy atom. The van der Waals surface area contributed by atoms with Crippen molar-refractivity contribution in [1.82, 2.24) is 5.43 Å². The van der Waals surface area contributed by atoms with Crippen molar-refractivity contribution in [1.29, 1.82) is 0 Å². The number of nitrogens with zero attached hydrogens (tertiary/aromatic N) is 1. The van der Waals surface area contributed by atoms with Crippen molar-refractivity contribution in [3.63, 3.8) is 0 Å². The maximum atomic E-state index is 12.1. The second kappa shape index (κ2) is 10.1. The molecule has 2 amide bonds. The number of amides is 2. The van der Waals surface area contributed by atoms with Gasteiger partial charge in [-0.1, -0.05) is 36.4 Å². The smallest absolute Gasteiger partial charge is 0.339 e. The van der Waals surface area contributed by atoms with Gasteiger partial charge in [0.15, 0.2) is 0 Å². The van der Waals surface area contributed by atoms with E-state index in [4.69, 9.17) is 9.84 Å². The van der Waals surface area contributed by atoms with Crippen molar-refractivity contribution >= 4 is 23.9 Å². The molecule has 7 heteroatoms. The largest absolute Gasteiger partial charge is 0.488 e. The van der Waals surface area contributed by atoms with Gasteiger partial charge in [0.05, 0.1) is 11.8 Å². The molecule has 0 aliphatic heterocycles. The zero-order valence-corrected chi connectivity index (χ0v) is 17.3. The Morgan fingerprint density at radius 3 is 2.48 bits per heavy atom. The lowest BCUT2D eigenvalue weighted by atomic mass is 10.1. The van der Waals surface area contributed by atoms with Crippen molar-refractivity contribution < 1.29 is 19.4 Å². The lowest BCUT2D eigenvalue weighted by molar-refractivity contribution is 0.0696. The third-order valence-electron chi connectivity index (χ3n) is 4.74. The molecule has 0 heterocycles. The van der Waals surface area contributed by atoms with E-state index in [1.165, 1.54) is 18.3 Å². The summed E-state index contributed by atoms with van der Waals surface area (Å²) < 4.78 is 5.84. The number of urea groups is 1. The quantitative estimate of drug-likeness (QED) is 0.382. The van der Waals surface area contributed by atoms with Crippen LogP contribution in [-0.4, -0.2) is 23.3 Å². The fraction of sp³-hybridized carbons (Fsp3) is 0.125. The van der Waals surface area contributed by atoms with E-state index in [0.29, 0.717) is 11.3 Å². The molecule has 0 radical (unpaired) electrons. The summed E-state index contributed by atoms with van der Waals surface area (Å²) in [7, 11) is 0. The number of anilines is 1. The molecule has 31 heavy (non-hydrogen) atoms. The molecule has 0 atom stereocenters. The Hall–Kier alpha value is -4.13. The minimum Gasteiger partial charge on any atom is -0.488 e. The molecular formula is C24H23N3O4. The summed E-state index contributed by atoms with van der Waals surface area (Å²) in [5.41, 5.74) is 7.02. The number of carbonyl (C=O) groups excluding carboxylic acids is 1. The highest BCUT2D eigenvalue weighted by Crippen LogP contribution is 2.19. The Balaban J connectivity index is 1.59. The number of carboxylic acid groups (broad SMARTS) is 1. The lowest BCUT2D eigenvalue weighted by Gasteiger charge is -2.10. The summed E-state index contributed by atoms with van der Waals surface area (Å²) in [4.78, 5) is 23.1.